The van der Waals surface area contributed by atoms with Gasteiger partial charge in [0.2, 0.25) is 10.0 Å². The van der Waals surface area contributed by atoms with Crippen LogP contribution in [0.2, 0.25) is 0 Å². The first-order chi connectivity index (χ1) is 14.3. The molecule has 0 saturated heterocycles. The van der Waals surface area contributed by atoms with Crippen molar-refractivity contribution < 1.29 is 17.9 Å². The molecule has 2 aromatic carbocycles. The average Bonchev–Trinajstić information content (AvgIpc) is 3.15. The number of ether oxygens (including phenoxy) is 1. The zero-order chi connectivity index (χ0) is 21.7. The number of urea groups is 1. The van der Waals surface area contributed by atoms with E-state index in [0.717, 1.165) is 15.6 Å². The summed E-state index contributed by atoms with van der Waals surface area (Å²) in [6.07, 6.45) is 0. The minimum atomic E-state index is -3.54. The van der Waals surface area contributed by atoms with Gasteiger partial charge in [0, 0.05) is 27.2 Å². The van der Waals surface area contributed by atoms with Crippen molar-refractivity contribution in [2.45, 2.75) is 18.0 Å². The second kappa shape index (κ2) is 9.09. The van der Waals surface area contributed by atoms with Crippen LogP contribution in [-0.4, -0.2) is 61.5 Å². The Labute approximate surface area is 174 Å². The van der Waals surface area contributed by atoms with Crippen LogP contribution >= 0.6 is 0 Å². The molecule has 0 atom stereocenters. The Hall–Kier alpha value is -3.18. The number of hydrogen-bond donors (Lipinski definition) is 2. The molecule has 3 rings (SSSR count). The predicted octanol–water partition coefficient (Wildman–Crippen LogP) is 1.19. The normalized spacial score (nSPS) is 11.6. The molecular formula is C19H24N6O4S. The summed E-state index contributed by atoms with van der Waals surface area (Å²) in [7, 11) is 1.01. The van der Waals surface area contributed by atoms with E-state index in [4.69, 9.17) is 4.74 Å². The van der Waals surface area contributed by atoms with E-state index < -0.39 is 10.0 Å². The topological polar surface area (TPSA) is 118 Å². The highest BCUT2D eigenvalue weighted by molar-refractivity contribution is 7.89. The number of rotatable bonds is 8. The summed E-state index contributed by atoms with van der Waals surface area (Å²) < 4.78 is 32.3. The second-order valence-electron chi connectivity index (χ2n) is 6.71. The van der Waals surface area contributed by atoms with Crippen molar-refractivity contribution in [1.82, 2.24) is 29.9 Å². The van der Waals surface area contributed by atoms with Gasteiger partial charge in [-0.1, -0.05) is 17.3 Å². The van der Waals surface area contributed by atoms with E-state index in [1.54, 1.807) is 17.9 Å². The Morgan fingerprint density at radius 1 is 1.13 bits per heavy atom. The molecule has 1 aromatic heterocycles. The molecule has 0 unspecified atom stereocenters. The largest absolute Gasteiger partial charge is 0.497 e. The molecular weight excluding hydrogens is 408 g/mol. The Kier molecular flexibility index (Phi) is 6.53. The molecule has 0 saturated carbocycles. The number of methoxy groups -OCH3 is 1. The van der Waals surface area contributed by atoms with Gasteiger partial charge in [-0.05, 0) is 35.9 Å². The number of carbonyl (C=O) groups is 1. The highest BCUT2D eigenvalue weighted by Crippen LogP contribution is 2.19. The van der Waals surface area contributed by atoms with Crippen molar-refractivity contribution in [2.24, 2.45) is 0 Å². The van der Waals surface area contributed by atoms with Crippen molar-refractivity contribution >= 4 is 27.1 Å². The Morgan fingerprint density at radius 2 is 1.87 bits per heavy atom. The summed E-state index contributed by atoms with van der Waals surface area (Å²) in [6.45, 7) is 1.13. The zero-order valence-corrected chi connectivity index (χ0v) is 17.8. The van der Waals surface area contributed by atoms with Gasteiger partial charge in [0.15, 0.2) is 0 Å². The molecule has 2 amide bonds. The fourth-order valence-electron chi connectivity index (χ4n) is 2.75. The standard InChI is InChI=1S/C19H24N6O4S/c1-24(2)30(27,28)16-8-9-18-17(12-16)22-23-25(18)11-10-20-19(26)21-13-14-4-6-15(29-3)7-5-14/h4-9,12H,10-11,13H2,1-3H3,(H2,20,21,26). The number of sulfonamides is 1. The van der Waals surface area contributed by atoms with Crippen LogP contribution < -0.4 is 15.4 Å². The third kappa shape index (κ3) is 4.86. The summed E-state index contributed by atoms with van der Waals surface area (Å²) in [5.74, 6) is 0.759. The lowest BCUT2D eigenvalue weighted by atomic mass is 10.2. The molecule has 0 bridgehead atoms. The Bertz CT molecular complexity index is 1130. The van der Waals surface area contributed by atoms with Crippen LogP contribution in [0.4, 0.5) is 4.79 Å². The fourth-order valence-corrected chi connectivity index (χ4v) is 3.67. The number of carbonyl (C=O) groups excluding carboxylic acids is 1. The fraction of sp³-hybridized carbons (Fsp3) is 0.316. The van der Waals surface area contributed by atoms with Gasteiger partial charge in [0.25, 0.3) is 0 Å². The molecule has 30 heavy (non-hydrogen) atoms. The van der Waals surface area contributed by atoms with Crippen molar-refractivity contribution in [3.8, 4) is 5.75 Å². The molecule has 0 aliphatic heterocycles. The summed E-state index contributed by atoms with van der Waals surface area (Å²) in [6, 6.07) is 11.8. The van der Waals surface area contributed by atoms with Crippen molar-refractivity contribution in [3.63, 3.8) is 0 Å². The lowest BCUT2D eigenvalue weighted by molar-refractivity contribution is 0.240. The highest BCUT2D eigenvalue weighted by Gasteiger charge is 2.18. The molecule has 1 heterocycles. The van der Waals surface area contributed by atoms with Gasteiger partial charge >= 0.3 is 6.03 Å². The number of aromatic nitrogens is 3. The molecule has 2 N–H and O–H groups in total. The molecule has 160 valence electrons. The lowest BCUT2D eigenvalue weighted by Gasteiger charge is -2.11. The first-order valence-corrected chi connectivity index (χ1v) is 10.7. The third-order valence-corrected chi connectivity index (χ3v) is 6.30. The monoisotopic (exact) mass is 432 g/mol. The van der Waals surface area contributed by atoms with Crippen LogP contribution in [0, 0.1) is 0 Å². The molecule has 10 nitrogen and oxygen atoms in total. The van der Waals surface area contributed by atoms with Crippen LogP contribution in [0.1, 0.15) is 5.56 Å². The van der Waals surface area contributed by atoms with E-state index in [9.17, 15) is 13.2 Å². The summed E-state index contributed by atoms with van der Waals surface area (Å²) >= 11 is 0. The average molecular weight is 433 g/mol. The minimum absolute atomic E-state index is 0.156. The van der Waals surface area contributed by atoms with Gasteiger partial charge in [0.1, 0.15) is 11.3 Å². The van der Waals surface area contributed by atoms with Crippen LogP contribution in [0.3, 0.4) is 0 Å². The van der Waals surface area contributed by atoms with Gasteiger partial charge in [-0.15, -0.1) is 5.10 Å². The molecule has 0 spiro atoms. The van der Waals surface area contributed by atoms with Crippen LogP contribution in [-0.2, 0) is 23.1 Å². The summed E-state index contributed by atoms with van der Waals surface area (Å²) in [5.41, 5.74) is 2.12. The number of fused-ring (bicyclic) bond motifs is 1. The van der Waals surface area contributed by atoms with E-state index in [0.29, 0.717) is 30.7 Å². The number of amides is 2. The van der Waals surface area contributed by atoms with Crippen LogP contribution in [0.5, 0.6) is 5.75 Å². The quantitative estimate of drug-likeness (QED) is 0.552. The smallest absolute Gasteiger partial charge is 0.315 e. The molecule has 0 fully saturated rings. The van der Waals surface area contributed by atoms with Crippen LogP contribution in [0.25, 0.3) is 11.0 Å². The maximum Gasteiger partial charge on any atom is 0.315 e. The number of nitrogens with one attached hydrogen (secondary N) is 2. The molecule has 11 heteroatoms. The van der Waals surface area contributed by atoms with Gasteiger partial charge in [-0.3, -0.25) is 0 Å². The lowest BCUT2D eigenvalue weighted by Crippen LogP contribution is -2.36. The maximum absolute atomic E-state index is 12.2. The molecule has 0 radical (unpaired) electrons. The number of hydrogen-bond acceptors (Lipinski definition) is 6. The minimum Gasteiger partial charge on any atom is -0.497 e. The first-order valence-electron chi connectivity index (χ1n) is 9.21. The predicted molar refractivity (Wildman–Crippen MR) is 112 cm³/mol. The van der Waals surface area contributed by atoms with E-state index in [1.165, 1.54) is 26.2 Å². The summed E-state index contributed by atoms with van der Waals surface area (Å²) in [5, 5.41) is 13.6. The van der Waals surface area contributed by atoms with Gasteiger partial charge in [0.05, 0.1) is 24.1 Å². The number of nitrogens with zero attached hydrogens (tertiary/aromatic N) is 4. The van der Waals surface area contributed by atoms with Crippen molar-refractivity contribution in [3.05, 3.63) is 48.0 Å². The van der Waals surface area contributed by atoms with Gasteiger partial charge < -0.3 is 15.4 Å². The van der Waals surface area contributed by atoms with Crippen molar-refractivity contribution in [2.75, 3.05) is 27.7 Å². The first kappa shape index (κ1) is 21.5. The van der Waals surface area contributed by atoms with Crippen LogP contribution in [0.15, 0.2) is 47.4 Å². The van der Waals surface area contributed by atoms with Crippen molar-refractivity contribution in [1.29, 1.82) is 0 Å². The number of benzene rings is 2. The van der Waals surface area contributed by atoms with E-state index >= 15 is 0 Å². The van der Waals surface area contributed by atoms with Gasteiger partial charge in [-0.25, -0.2) is 22.2 Å². The van der Waals surface area contributed by atoms with E-state index in [1.807, 2.05) is 24.3 Å². The second-order valence-corrected chi connectivity index (χ2v) is 8.86. The molecule has 0 aliphatic carbocycles. The Balaban J connectivity index is 1.53. The SMILES string of the molecule is COc1ccc(CNC(=O)NCCn2nnc3cc(S(=O)(=O)N(C)C)ccc32)cc1. The third-order valence-electron chi connectivity index (χ3n) is 4.49. The maximum atomic E-state index is 12.2. The molecule has 3 aromatic rings. The summed E-state index contributed by atoms with van der Waals surface area (Å²) in [4.78, 5) is 12.1. The Morgan fingerprint density at radius 3 is 2.53 bits per heavy atom. The van der Waals surface area contributed by atoms with E-state index in [2.05, 4.69) is 20.9 Å². The molecule has 0 aliphatic rings. The van der Waals surface area contributed by atoms with Gasteiger partial charge in [-0.2, -0.15) is 0 Å². The highest BCUT2D eigenvalue weighted by atomic mass is 32.2. The van der Waals surface area contributed by atoms with E-state index in [-0.39, 0.29) is 10.9 Å². The zero-order valence-electron chi connectivity index (χ0n) is 17.0.